The molecule has 1 unspecified atom stereocenters. The number of nitrogens with zero attached hydrogens (tertiary/aromatic N) is 5. The molecular formula is C26H32N6O3. The number of carbonyl (C=O) groups excluding carboxylic acids is 1. The van der Waals surface area contributed by atoms with Crippen LogP contribution in [0.4, 0.5) is 5.69 Å². The molecule has 9 nitrogen and oxygen atoms in total. The van der Waals surface area contributed by atoms with E-state index in [0.717, 1.165) is 18.8 Å². The molecule has 35 heavy (non-hydrogen) atoms. The lowest BCUT2D eigenvalue weighted by Gasteiger charge is -2.19. The van der Waals surface area contributed by atoms with Gasteiger partial charge in [0.1, 0.15) is 0 Å². The maximum absolute atomic E-state index is 13.5. The molecule has 0 bridgehead atoms. The molecule has 1 aromatic heterocycles. The van der Waals surface area contributed by atoms with Gasteiger partial charge in [0.05, 0.1) is 29.3 Å². The van der Waals surface area contributed by atoms with Gasteiger partial charge in [-0.3, -0.25) is 19.5 Å². The SMILES string of the molecule is CCC(CC1CC1)NCc1nnc(CN(C)C)n1-c1ccc([N+](=O)[O-])cc1C(=O)c1ccccc1. The zero-order chi connectivity index (χ0) is 24.9. The number of aromatic nitrogens is 3. The van der Waals surface area contributed by atoms with Gasteiger partial charge < -0.3 is 10.2 Å². The number of nitro benzene ring substituents is 1. The smallest absolute Gasteiger partial charge is 0.270 e. The molecule has 9 heteroatoms. The third-order valence-electron chi connectivity index (χ3n) is 6.32. The number of non-ortho nitro benzene ring substituents is 1. The van der Waals surface area contributed by atoms with Gasteiger partial charge in [-0.2, -0.15) is 0 Å². The fraction of sp³-hybridized carbons (Fsp3) is 0.423. The van der Waals surface area contributed by atoms with E-state index < -0.39 is 4.92 Å². The predicted octanol–water partition coefficient (Wildman–Crippen LogP) is 4.14. The topological polar surface area (TPSA) is 106 Å². The summed E-state index contributed by atoms with van der Waals surface area (Å²) in [6.07, 6.45) is 4.76. The van der Waals surface area contributed by atoms with Crippen molar-refractivity contribution in [2.45, 2.75) is 51.7 Å². The molecule has 1 aliphatic carbocycles. The summed E-state index contributed by atoms with van der Waals surface area (Å²) in [6.45, 7) is 3.17. The molecule has 0 radical (unpaired) electrons. The van der Waals surface area contributed by atoms with Crippen molar-refractivity contribution in [3.63, 3.8) is 0 Å². The van der Waals surface area contributed by atoms with Gasteiger partial charge in [0.25, 0.3) is 5.69 Å². The van der Waals surface area contributed by atoms with Gasteiger partial charge in [-0.15, -0.1) is 10.2 Å². The monoisotopic (exact) mass is 476 g/mol. The van der Waals surface area contributed by atoms with E-state index in [4.69, 9.17) is 0 Å². The molecule has 1 saturated carbocycles. The van der Waals surface area contributed by atoms with Gasteiger partial charge in [-0.05, 0) is 38.9 Å². The first-order chi connectivity index (χ1) is 16.9. The average Bonchev–Trinajstić information content (AvgIpc) is 3.60. The van der Waals surface area contributed by atoms with Gasteiger partial charge in [0.15, 0.2) is 17.4 Å². The van der Waals surface area contributed by atoms with Crippen LogP contribution in [0.3, 0.4) is 0 Å². The number of hydrogen-bond acceptors (Lipinski definition) is 7. The van der Waals surface area contributed by atoms with E-state index in [1.807, 2.05) is 29.6 Å². The third-order valence-corrected chi connectivity index (χ3v) is 6.32. The number of nitro groups is 1. The maximum atomic E-state index is 13.5. The molecule has 4 rings (SSSR count). The minimum Gasteiger partial charge on any atom is -0.307 e. The minimum atomic E-state index is -0.482. The van der Waals surface area contributed by atoms with Crippen molar-refractivity contribution in [1.29, 1.82) is 0 Å². The Morgan fingerprint density at radius 3 is 2.51 bits per heavy atom. The Morgan fingerprint density at radius 2 is 1.89 bits per heavy atom. The molecule has 2 aromatic carbocycles. The summed E-state index contributed by atoms with van der Waals surface area (Å²) in [5, 5.41) is 24.0. The Bertz CT molecular complexity index is 1190. The summed E-state index contributed by atoms with van der Waals surface area (Å²) in [7, 11) is 3.87. The van der Waals surface area contributed by atoms with Crippen molar-refractivity contribution in [3.8, 4) is 5.69 Å². The molecule has 0 aliphatic heterocycles. The second-order valence-electron chi connectivity index (χ2n) is 9.42. The summed E-state index contributed by atoms with van der Waals surface area (Å²) in [6, 6.07) is 13.6. The normalized spacial score (nSPS) is 14.3. The highest BCUT2D eigenvalue weighted by Crippen LogP contribution is 2.34. The lowest BCUT2D eigenvalue weighted by atomic mass is 10.0. The third kappa shape index (κ3) is 5.98. The second kappa shape index (κ2) is 10.9. The lowest BCUT2D eigenvalue weighted by Crippen LogP contribution is -2.30. The van der Waals surface area contributed by atoms with Crippen LogP contribution in [0.25, 0.3) is 5.69 Å². The number of ketones is 1. The Morgan fingerprint density at radius 1 is 1.17 bits per heavy atom. The van der Waals surface area contributed by atoms with Crippen LogP contribution in [-0.4, -0.2) is 50.5 Å². The first-order valence-electron chi connectivity index (χ1n) is 12.1. The van der Waals surface area contributed by atoms with Crippen molar-refractivity contribution >= 4 is 11.5 Å². The molecule has 1 aliphatic rings. The Balaban J connectivity index is 1.77. The fourth-order valence-electron chi connectivity index (χ4n) is 4.28. The first kappa shape index (κ1) is 24.7. The molecule has 184 valence electrons. The maximum Gasteiger partial charge on any atom is 0.270 e. The van der Waals surface area contributed by atoms with Crippen molar-refractivity contribution in [3.05, 3.63) is 81.4 Å². The van der Waals surface area contributed by atoms with E-state index in [9.17, 15) is 14.9 Å². The van der Waals surface area contributed by atoms with E-state index in [2.05, 4.69) is 22.4 Å². The van der Waals surface area contributed by atoms with Crippen LogP contribution >= 0.6 is 0 Å². The quantitative estimate of drug-likeness (QED) is 0.238. The van der Waals surface area contributed by atoms with Crippen molar-refractivity contribution in [1.82, 2.24) is 25.0 Å². The summed E-state index contributed by atoms with van der Waals surface area (Å²) >= 11 is 0. The van der Waals surface area contributed by atoms with Crippen LogP contribution in [0, 0.1) is 16.0 Å². The summed E-state index contributed by atoms with van der Waals surface area (Å²) in [5.74, 6) is 1.86. The van der Waals surface area contributed by atoms with E-state index in [-0.39, 0.29) is 17.0 Å². The predicted molar refractivity (Wildman–Crippen MR) is 134 cm³/mol. The second-order valence-corrected chi connectivity index (χ2v) is 9.42. The molecule has 1 atom stereocenters. The highest BCUT2D eigenvalue weighted by Gasteiger charge is 2.26. The van der Waals surface area contributed by atoms with E-state index in [1.165, 1.54) is 25.0 Å². The van der Waals surface area contributed by atoms with E-state index >= 15 is 0 Å². The summed E-state index contributed by atoms with van der Waals surface area (Å²) in [5.41, 5.74) is 1.12. The van der Waals surface area contributed by atoms with Crippen LogP contribution in [0.5, 0.6) is 0 Å². The average molecular weight is 477 g/mol. The molecule has 3 aromatic rings. The van der Waals surface area contributed by atoms with Gasteiger partial charge >= 0.3 is 0 Å². The molecule has 0 saturated heterocycles. The lowest BCUT2D eigenvalue weighted by molar-refractivity contribution is -0.384. The molecule has 1 heterocycles. The van der Waals surface area contributed by atoms with Gasteiger partial charge in [-0.1, -0.05) is 50.1 Å². The number of benzene rings is 2. The van der Waals surface area contributed by atoms with Crippen molar-refractivity contribution in [2.75, 3.05) is 14.1 Å². The highest BCUT2D eigenvalue weighted by molar-refractivity contribution is 6.11. The molecule has 0 spiro atoms. The van der Waals surface area contributed by atoms with Crippen molar-refractivity contribution in [2.24, 2.45) is 5.92 Å². The van der Waals surface area contributed by atoms with Crippen LogP contribution in [-0.2, 0) is 13.1 Å². The number of rotatable bonds is 12. The van der Waals surface area contributed by atoms with Crippen LogP contribution < -0.4 is 5.32 Å². The zero-order valence-corrected chi connectivity index (χ0v) is 20.5. The number of carbonyl (C=O) groups is 1. The van der Waals surface area contributed by atoms with E-state index in [1.54, 1.807) is 30.3 Å². The van der Waals surface area contributed by atoms with Crippen LogP contribution in [0.1, 0.15) is 60.2 Å². The van der Waals surface area contributed by atoms with Crippen molar-refractivity contribution < 1.29 is 9.72 Å². The summed E-state index contributed by atoms with van der Waals surface area (Å²) in [4.78, 5) is 26.6. The molecular weight excluding hydrogens is 444 g/mol. The van der Waals surface area contributed by atoms with Gasteiger partial charge in [0, 0.05) is 23.7 Å². The number of hydrogen-bond donors (Lipinski definition) is 1. The Hall–Kier alpha value is -3.43. The van der Waals surface area contributed by atoms with Crippen LogP contribution in [0.2, 0.25) is 0 Å². The summed E-state index contributed by atoms with van der Waals surface area (Å²) < 4.78 is 1.87. The zero-order valence-electron chi connectivity index (χ0n) is 20.5. The standard InChI is InChI=1S/C26H32N6O3/c1-4-20(14-18-10-11-18)27-16-24-28-29-25(17-30(2)3)31(24)23-13-12-21(32(34)35)15-22(23)26(33)19-8-6-5-7-9-19/h5-9,12-13,15,18,20,27H,4,10-11,14,16-17H2,1-3H3. The fourth-order valence-corrected chi connectivity index (χ4v) is 4.28. The Labute approximate surface area is 205 Å². The van der Waals surface area contributed by atoms with Gasteiger partial charge in [-0.25, -0.2) is 0 Å². The largest absolute Gasteiger partial charge is 0.307 e. The van der Waals surface area contributed by atoms with Crippen LogP contribution in [0.15, 0.2) is 48.5 Å². The first-order valence-corrected chi connectivity index (χ1v) is 12.1. The number of nitrogens with one attached hydrogen (secondary N) is 1. The van der Waals surface area contributed by atoms with Gasteiger partial charge in [0.2, 0.25) is 0 Å². The minimum absolute atomic E-state index is 0.134. The molecule has 1 N–H and O–H groups in total. The molecule has 0 amide bonds. The van der Waals surface area contributed by atoms with E-state index in [0.29, 0.717) is 42.0 Å². The highest BCUT2D eigenvalue weighted by atomic mass is 16.6. The molecule has 1 fully saturated rings. The Kier molecular flexibility index (Phi) is 7.67.